The number of fused-ring (bicyclic) bond motifs is 2. The molecule has 0 saturated carbocycles. The van der Waals surface area contributed by atoms with Gasteiger partial charge in [0.2, 0.25) is 0 Å². The second kappa shape index (κ2) is 18.2. The van der Waals surface area contributed by atoms with Gasteiger partial charge in [0, 0.05) is 0 Å². The van der Waals surface area contributed by atoms with E-state index >= 15 is 0 Å². The van der Waals surface area contributed by atoms with Crippen LogP contribution in [0.25, 0.3) is 43.8 Å². The third kappa shape index (κ3) is 9.08. The van der Waals surface area contributed by atoms with Gasteiger partial charge >= 0.3 is 37.9 Å². The first-order valence-corrected chi connectivity index (χ1v) is 23.8. The Labute approximate surface area is 316 Å². The molecule has 0 nitrogen and oxygen atoms in total. The monoisotopic (exact) mass is 767 g/mol. The maximum absolute atomic E-state index is 4.93. The Morgan fingerprint density at radius 2 is 0.755 bits per heavy atom. The minimum atomic E-state index is -0.826. The summed E-state index contributed by atoms with van der Waals surface area (Å²) < 4.78 is 0. The van der Waals surface area contributed by atoms with Crippen molar-refractivity contribution in [2.24, 2.45) is 0 Å². The van der Waals surface area contributed by atoms with Crippen LogP contribution in [0.4, 0.5) is 0 Å². The van der Waals surface area contributed by atoms with Crippen LogP contribution < -0.4 is 0 Å². The standard InChI is InChI=1S/2C22H25.C2H5.2ClH.Zr/c2*1-7-18-11-20-16(5)15(4)17(6)22(21(20)12-18)19-9-13(2)8-14(3)10-19;1-2;;;/h2*8-12H,7H2,1-6H3;1H2,2H3;2*1H;/q3*-1;;;+2/p-2. The number of rotatable bonds is 4. The van der Waals surface area contributed by atoms with Crippen molar-refractivity contribution in [3.05, 3.63) is 134 Å². The van der Waals surface area contributed by atoms with Gasteiger partial charge in [-0.1, -0.05) is 120 Å². The first kappa shape index (κ1) is 41.0. The normalized spacial score (nSPS) is 10.6. The summed E-state index contributed by atoms with van der Waals surface area (Å²) in [5, 5.41) is 5.69. The summed E-state index contributed by atoms with van der Waals surface area (Å²) in [6.45, 7) is 31.8. The zero-order valence-corrected chi connectivity index (χ0v) is 36.1. The van der Waals surface area contributed by atoms with E-state index in [-0.39, 0.29) is 0 Å². The Morgan fingerprint density at radius 3 is 1.02 bits per heavy atom. The van der Waals surface area contributed by atoms with Gasteiger partial charge in [0.1, 0.15) is 0 Å². The first-order valence-electron chi connectivity index (χ1n) is 17.5. The molecule has 0 aliphatic rings. The van der Waals surface area contributed by atoms with E-state index in [1.165, 1.54) is 111 Å². The fourth-order valence-corrected chi connectivity index (χ4v) is 7.31. The zero-order chi connectivity index (χ0) is 36.7. The fourth-order valence-electron chi connectivity index (χ4n) is 7.31. The van der Waals surface area contributed by atoms with Gasteiger partial charge in [-0.25, -0.2) is 0 Å². The molecule has 0 saturated heterocycles. The molecule has 6 aromatic carbocycles. The molecule has 0 bridgehead atoms. The predicted molar refractivity (Wildman–Crippen MR) is 219 cm³/mol. The number of halogens is 2. The molecule has 0 amide bonds. The molecule has 0 radical (unpaired) electrons. The summed E-state index contributed by atoms with van der Waals surface area (Å²) in [6, 6.07) is 23.3. The van der Waals surface area contributed by atoms with E-state index in [4.69, 9.17) is 17.0 Å². The maximum atomic E-state index is 4.93. The van der Waals surface area contributed by atoms with Gasteiger partial charge < -0.3 is 6.92 Å². The van der Waals surface area contributed by atoms with Crippen LogP contribution in [0.2, 0.25) is 0 Å². The number of hydrogen-bond acceptors (Lipinski definition) is 0. The molecule has 6 aromatic rings. The fraction of sp³-hybridized carbons (Fsp3) is 0.326. The Morgan fingerprint density at radius 1 is 0.469 bits per heavy atom. The van der Waals surface area contributed by atoms with Gasteiger partial charge in [0.15, 0.2) is 0 Å². The van der Waals surface area contributed by atoms with Crippen molar-refractivity contribution in [3.63, 3.8) is 0 Å². The number of hydrogen-bond donors (Lipinski definition) is 0. The van der Waals surface area contributed by atoms with Gasteiger partial charge in [-0.2, -0.15) is 19.1 Å². The molecule has 0 atom stereocenters. The Bertz CT molecular complexity index is 1860. The Hall–Kier alpha value is -2.44. The van der Waals surface area contributed by atoms with Gasteiger partial charge in [-0.15, -0.1) is 55.9 Å². The molecule has 3 heteroatoms. The van der Waals surface area contributed by atoms with E-state index in [0.717, 1.165) is 12.8 Å². The summed E-state index contributed by atoms with van der Waals surface area (Å²) in [6.07, 6.45) is 2.19. The van der Waals surface area contributed by atoms with Gasteiger partial charge in [0.25, 0.3) is 0 Å². The quantitative estimate of drug-likeness (QED) is 0.157. The van der Waals surface area contributed by atoms with E-state index in [9.17, 15) is 0 Å². The van der Waals surface area contributed by atoms with Crippen molar-refractivity contribution in [3.8, 4) is 22.3 Å². The molecule has 0 heterocycles. The second-order valence-electron chi connectivity index (χ2n) is 13.4. The summed E-state index contributed by atoms with van der Waals surface area (Å²) in [5.41, 5.74) is 22.3. The van der Waals surface area contributed by atoms with Crippen molar-refractivity contribution in [2.45, 2.75) is 103 Å². The first-order chi connectivity index (χ1) is 23.3. The molecule has 0 unspecified atom stereocenters. The van der Waals surface area contributed by atoms with Crippen molar-refractivity contribution >= 4 is 38.6 Å². The van der Waals surface area contributed by atoms with E-state index in [2.05, 4.69) is 151 Å². The van der Waals surface area contributed by atoms with Crippen LogP contribution in [0.3, 0.4) is 0 Å². The second-order valence-corrected chi connectivity index (χ2v) is 17.1. The number of benzene rings is 4. The molecular weight excluding hydrogens is 715 g/mol. The summed E-state index contributed by atoms with van der Waals surface area (Å²) >= 11 is -0.826. The van der Waals surface area contributed by atoms with Crippen molar-refractivity contribution in [2.75, 3.05) is 0 Å². The molecule has 6 rings (SSSR count). The molecule has 0 aliphatic heterocycles. The topological polar surface area (TPSA) is 0 Å². The Kier molecular flexibility index (Phi) is 15.2. The average Bonchev–Trinajstić information content (AvgIpc) is 3.69. The molecular formula is C46H55Cl2Zr-3. The average molecular weight is 770 g/mol. The zero-order valence-electron chi connectivity index (χ0n) is 32.2. The number of aryl methyl sites for hydroxylation is 8. The summed E-state index contributed by atoms with van der Waals surface area (Å²) in [4.78, 5) is 0. The SMILES string of the molecule is CCc1cc2c(-c3cc(C)cc(C)c3)c(C)c(C)c(C)c2[cH-]1.CCc1cc2c(-c3cc(C)cc(C)c3)c(C)c(C)c(C)c2[cH-]1.[CH2-]C.[Cl][Zr][Cl]. The molecule has 0 spiro atoms. The van der Waals surface area contributed by atoms with E-state index < -0.39 is 20.8 Å². The van der Waals surface area contributed by atoms with E-state index in [1.807, 2.05) is 0 Å². The van der Waals surface area contributed by atoms with Crippen molar-refractivity contribution < 1.29 is 20.8 Å². The van der Waals surface area contributed by atoms with Crippen LogP contribution in [0.5, 0.6) is 0 Å². The molecule has 260 valence electrons. The molecule has 0 aromatic heterocycles. The van der Waals surface area contributed by atoms with Gasteiger partial charge in [-0.3, -0.25) is 0 Å². The summed E-state index contributed by atoms with van der Waals surface area (Å²) in [7, 11) is 9.87. The summed E-state index contributed by atoms with van der Waals surface area (Å²) in [5.74, 6) is 0. The van der Waals surface area contributed by atoms with Crippen LogP contribution >= 0.6 is 17.0 Å². The molecule has 0 fully saturated rings. The third-order valence-electron chi connectivity index (χ3n) is 10.1. The van der Waals surface area contributed by atoms with Crippen LogP contribution in [-0.4, -0.2) is 0 Å². The van der Waals surface area contributed by atoms with E-state index in [1.54, 1.807) is 6.92 Å². The Balaban J connectivity index is 0.000000235. The van der Waals surface area contributed by atoms with Gasteiger partial charge in [0.05, 0.1) is 0 Å². The van der Waals surface area contributed by atoms with Crippen LogP contribution in [0.15, 0.2) is 60.7 Å². The van der Waals surface area contributed by atoms with Crippen LogP contribution in [0.1, 0.15) is 87.5 Å². The van der Waals surface area contributed by atoms with E-state index in [0.29, 0.717) is 0 Å². The molecule has 0 N–H and O–H groups in total. The van der Waals surface area contributed by atoms with Gasteiger partial charge in [-0.05, 0) is 79.4 Å². The minimum absolute atomic E-state index is 0.826. The molecule has 49 heavy (non-hydrogen) atoms. The third-order valence-corrected chi connectivity index (χ3v) is 10.1. The van der Waals surface area contributed by atoms with Crippen LogP contribution in [-0.2, 0) is 33.7 Å². The molecule has 0 aliphatic carbocycles. The predicted octanol–water partition coefficient (Wildman–Crippen LogP) is 14.9. The van der Waals surface area contributed by atoms with Crippen molar-refractivity contribution in [1.29, 1.82) is 0 Å². The van der Waals surface area contributed by atoms with Crippen LogP contribution in [0, 0.1) is 76.2 Å². The van der Waals surface area contributed by atoms with Crippen molar-refractivity contribution in [1.82, 2.24) is 0 Å².